The average molecular weight is 348 g/mol. The molecule has 0 aliphatic heterocycles. The molecule has 0 aliphatic carbocycles. The van der Waals surface area contributed by atoms with E-state index in [0.29, 0.717) is 11.3 Å². The summed E-state index contributed by atoms with van der Waals surface area (Å²) >= 11 is 1.16. The average Bonchev–Trinajstić information content (AvgIpc) is 2.99. The van der Waals surface area contributed by atoms with Crippen LogP contribution in [0, 0.1) is 19.3 Å². The van der Waals surface area contributed by atoms with Gasteiger partial charge in [-0.25, -0.2) is 8.42 Å². The number of carbonyl (C=O) groups excluding carboxylic acids is 1. The van der Waals surface area contributed by atoms with Crippen molar-refractivity contribution in [1.82, 2.24) is 5.32 Å². The van der Waals surface area contributed by atoms with Crippen LogP contribution in [-0.2, 0) is 14.8 Å². The van der Waals surface area contributed by atoms with Crippen LogP contribution < -0.4 is 9.62 Å². The maximum absolute atomic E-state index is 12.9. The molecule has 5 nitrogen and oxygen atoms in total. The van der Waals surface area contributed by atoms with Gasteiger partial charge >= 0.3 is 0 Å². The molecule has 0 unspecified atom stereocenters. The highest BCUT2D eigenvalue weighted by Gasteiger charge is 2.28. The minimum absolute atomic E-state index is 0.185. The molecule has 7 heteroatoms. The third-order valence-corrected chi connectivity index (χ3v) is 6.37. The minimum atomic E-state index is -3.84. The Labute approximate surface area is 140 Å². The number of rotatable bonds is 5. The van der Waals surface area contributed by atoms with Gasteiger partial charge in [0, 0.05) is 17.5 Å². The number of aryl methyl sites for hydroxylation is 1. The van der Waals surface area contributed by atoms with Crippen LogP contribution in [0.25, 0.3) is 0 Å². The first-order valence-electron chi connectivity index (χ1n) is 6.75. The third kappa shape index (κ3) is 3.73. The summed E-state index contributed by atoms with van der Waals surface area (Å²) in [7, 11) is -2.38. The highest BCUT2D eigenvalue weighted by Crippen LogP contribution is 2.28. The summed E-state index contributed by atoms with van der Waals surface area (Å²) in [4.78, 5) is 12.7. The van der Waals surface area contributed by atoms with Gasteiger partial charge in [-0.3, -0.25) is 9.10 Å². The first-order chi connectivity index (χ1) is 10.9. The molecule has 2 aromatic rings. The molecule has 1 aromatic heterocycles. The van der Waals surface area contributed by atoms with Gasteiger partial charge in [-0.1, -0.05) is 12.0 Å². The Morgan fingerprint density at radius 3 is 2.65 bits per heavy atom. The second-order valence-electron chi connectivity index (χ2n) is 4.74. The molecule has 1 heterocycles. The zero-order chi connectivity index (χ0) is 17.0. The van der Waals surface area contributed by atoms with Crippen molar-refractivity contribution in [3.8, 4) is 12.3 Å². The first-order valence-corrected chi connectivity index (χ1v) is 9.00. The lowest BCUT2D eigenvalue weighted by Crippen LogP contribution is -2.39. The highest BCUT2D eigenvalue weighted by atomic mass is 32.2. The number of terminal acetylenes is 1. The predicted molar refractivity (Wildman–Crippen MR) is 92.0 cm³/mol. The zero-order valence-corrected chi connectivity index (χ0v) is 14.4. The number of anilines is 1. The molecule has 23 heavy (non-hydrogen) atoms. The second kappa shape index (κ2) is 6.86. The summed E-state index contributed by atoms with van der Waals surface area (Å²) in [5.41, 5.74) is 0.900. The van der Waals surface area contributed by atoms with Gasteiger partial charge in [0.15, 0.2) is 0 Å². The van der Waals surface area contributed by atoms with Crippen LogP contribution in [0.4, 0.5) is 5.69 Å². The number of benzene rings is 1. The molecule has 1 amide bonds. The lowest BCUT2D eigenvalue weighted by atomic mass is 10.2. The number of hydrogen-bond acceptors (Lipinski definition) is 4. The van der Waals surface area contributed by atoms with Crippen molar-refractivity contribution in [3.63, 3.8) is 0 Å². The molecule has 1 N–H and O–H groups in total. The Hall–Kier alpha value is -2.30. The third-order valence-electron chi connectivity index (χ3n) is 3.13. The molecule has 0 aliphatic rings. The molecule has 2 rings (SSSR count). The van der Waals surface area contributed by atoms with E-state index in [1.807, 2.05) is 6.92 Å². The molecule has 0 fully saturated rings. The maximum atomic E-state index is 12.9. The SMILES string of the molecule is C#Cc1cccc(N(CC(=O)NC)S(=O)(=O)c2ccc(C)s2)c1. The van der Waals surface area contributed by atoms with Crippen molar-refractivity contribution >= 4 is 33.0 Å². The van der Waals surface area contributed by atoms with Crippen LogP contribution in [0.15, 0.2) is 40.6 Å². The lowest BCUT2D eigenvalue weighted by molar-refractivity contribution is -0.119. The van der Waals surface area contributed by atoms with Crippen molar-refractivity contribution in [1.29, 1.82) is 0 Å². The Morgan fingerprint density at radius 1 is 1.35 bits per heavy atom. The Balaban J connectivity index is 2.53. The van der Waals surface area contributed by atoms with Crippen molar-refractivity contribution < 1.29 is 13.2 Å². The Bertz CT molecular complexity index is 863. The fraction of sp³-hybridized carbons (Fsp3) is 0.188. The van der Waals surface area contributed by atoms with Crippen molar-refractivity contribution in [2.75, 3.05) is 17.9 Å². The van der Waals surface area contributed by atoms with Crippen LogP contribution in [0.1, 0.15) is 10.4 Å². The number of hydrogen-bond donors (Lipinski definition) is 1. The van der Waals surface area contributed by atoms with E-state index in [0.717, 1.165) is 20.5 Å². The van der Waals surface area contributed by atoms with Gasteiger partial charge in [-0.15, -0.1) is 17.8 Å². The number of amides is 1. The molecule has 0 saturated carbocycles. The van der Waals surface area contributed by atoms with Crippen molar-refractivity contribution in [2.24, 2.45) is 0 Å². The number of sulfonamides is 1. The van der Waals surface area contributed by atoms with Gasteiger partial charge in [0.25, 0.3) is 10.0 Å². The van der Waals surface area contributed by atoms with Crippen LogP contribution in [0.5, 0.6) is 0 Å². The summed E-state index contributed by atoms with van der Waals surface area (Å²) in [5, 5.41) is 2.44. The van der Waals surface area contributed by atoms with Crippen LogP contribution in [0.2, 0.25) is 0 Å². The van der Waals surface area contributed by atoms with E-state index in [1.54, 1.807) is 30.3 Å². The molecule has 120 valence electrons. The quantitative estimate of drug-likeness (QED) is 0.840. The largest absolute Gasteiger partial charge is 0.358 e. The van der Waals surface area contributed by atoms with Crippen LogP contribution in [-0.4, -0.2) is 27.9 Å². The van der Waals surface area contributed by atoms with Gasteiger partial charge in [0.05, 0.1) is 5.69 Å². The van der Waals surface area contributed by atoms with E-state index in [-0.39, 0.29) is 10.8 Å². The monoisotopic (exact) mass is 348 g/mol. The number of nitrogens with one attached hydrogen (secondary N) is 1. The topological polar surface area (TPSA) is 66.5 Å². The van der Waals surface area contributed by atoms with Crippen molar-refractivity contribution in [2.45, 2.75) is 11.1 Å². The summed E-state index contributed by atoms with van der Waals surface area (Å²) in [6, 6.07) is 9.81. The fourth-order valence-corrected chi connectivity index (χ4v) is 4.75. The Kier molecular flexibility index (Phi) is 5.08. The van der Waals surface area contributed by atoms with E-state index in [2.05, 4.69) is 11.2 Å². The molecule has 0 spiro atoms. The van der Waals surface area contributed by atoms with E-state index in [9.17, 15) is 13.2 Å². The van der Waals surface area contributed by atoms with E-state index in [1.165, 1.54) is 13.1 Å². The van der Waals surface area contributed by atoms with Crippen molar-refractivity contribution in [3.05, 3.63) is 46.8 Å². The van der Waals surface area contributed by atoms with Gasteiger partial charge in [0.1, 0.15) is 10.8 Å². The number of nitrogens with zero attached hydrogens (tertiary/aromatic N) is 1. The molecule has 0 radical (unpaired) electrons. The van der Waals surface area contributed by atoms with Gasteiger partial charge in [0.2, 0.25) is 5.91 Å². The summed E-state index contributed by atoms with van der Waals surface area (Å²) in [6.45, 7) is 1.51. The number of thiophene rings is 1. The van der Waals surface area contributed by atoms with Gasteiger partial charge in [-0.2, -0.15) is 0 Å². The lowest BCUT2D eigenvalue weighted by Gasteiger charge is -2.23. The molecule has 0 atom stereocenters. The fourth-order valence-electron chi connectivity index (χ4n) is 1.93. The summed E-state index contributed by atoms with van der Waals surface area (Å²) in [6.07, 6.45) is 5.37. The molecule has 1 aromatic carbocycles. The number of likely N-dealkylation sites (N-methyl/N-ethyl adjacent to an activating group) is 1. The predicted octanol–water partition coefficient (Wildman–Crippen LogP) is 1.98. The molecule has 0 bridgehead atoms. The first kappa shape index (κ1) is 17.1. The second-order valence-corrected chi connectivity index (χ2v) is 8.12. The summed E-state index contributed by atoms with van der Waals surface area (Å²) < 4.78 is 27.1. The Morgan fingerprint density at radius 2 is 2.09 bits per heavy atom. The van der Waals surface area contributed by atoms with E-state index in [4.69, 9.17) is 6.42 Å². The molecular weight excluding hydrogens is 332 g/mol. The maximum Gasteiger partial charge on any atom is 0.274 e. The summed E-state index contributed by atoms with van der Waals surface area (Å²) in [5.74, 6) is 2.06. The van der Waals surface area contributed by atoms with Crippen LogP contribution in [0.3, 0.4) is 0 Å². The minimum Gasteiger partial charge on any atom is -0.358 e. The number of carbonyl (C=O) groups is 1. The van der Waals surface area contributed by atoms with Gasteiger partial charge in [-0.05, 0) is 37.3 Å². The highest BCUT2D eigenvalue weighted by molar-refractivity contribution is 7.94. The van der Waals surface area contributed by atoms with Crippen LogP contribution >= 0.6 is 11.3 Å². The molecule has 0 saturated heterocycles. The smallest absolute Gasteiger partial charge is 0.274 e. The standard InChI is InChI=1S/C16H16N2O3S2/c1-4-13-6-5-7-14(10-13)18(11-15(19)17-3)23(20,21)16-9-8-12(2)22-16/h1,5-10H,11H2,2-3H3,(H,17,19). The van der Waals surface area contributed by atoms with Gasteiger partial charge < -0.3 is 5.32 Å². The van der Waals surface area contributed by atoms with E-state index >= 15 is 0 Å². The normalized spacial score (nSPS) is 10.8. The molecular formula is C16H16N2O3S2. The van der Waals surface area contributed by atoms with E-state index < -0.39 is 15.9 Å². The zero-order valence-electron chi connectivity index (χ0n) is 12.7.